The zero-order chi connectivity index (χ0) is 59.1. The highest BCUT2D eigenvalue weighted by Crippen LogP contribution is 2.19. The lowest BCUT2D eigenvalue weighted by molar-refractivity contribution is -0.161. The third-order valence-electron chi connectivity index (χ3n) is 16.8. The predicted octanol–water partition coefficient (Wildman–Crippen LogP) is 25.7. The van der Waals surface area contributed by atoms with Gasteiger partial charge in [0.15, 0.2) is 6.10 Å². The van der Waals surface area contributed by atoms with Crippen LogP contribution in [0.3, 0.4) is 0 Å². The van der Waals surface area contributed by atoms with Gasteiger partial charge in [0.25, 0.3) is 0 Å². The zero-order valence-corrected chi connectivity index (χ0v) is 55.3. The Bertz CT molecular complexity index is 1390. The molecule has 0 aromatic carbocycles. The minimum Gasteiger partial charge on any atom is -0.462 e. The van der Waals surface area contributed by atoms with Crippen LogP contribution < -0.4 is 0 Å². The van der Waals surface area contributed by atoms with E-state index in [0.717, 1.165) is 57.8 Å². The highest BCUT2D eigenvalue weighted by atomic mass is 16.6. The summed E-state index contributed by atoms with van der Waals surface area (Å²) < 4.78 is 10.8. The van der Waals surface area contributed by atoms with Crippen LogP contribution in [-0.2, 0) is 19.1 Å². The van der Waals surface area contributed by atoms with Crippen molar-refractivity contribution >= 4 is 11.9 Å². The molecule has 0 radical (unpaired) electrons. The molecular formula is C77H142O5. The van der Waals surface area contributed by atoms with Crippen molar-refractivity contribution in [1.29, 1.82) is 0 Å². The van der Waals surface area contributed by atoms with Gasteiger partial charge < -0.3 is 14.6 Å². The zero-order valence-electron chi connectivity index (χ0n) is 55.3. The van der Waals surface area contributed by atoms with Crippen molar-refractivity contribution in [3.63, 3.8) is 0 Å². The molecule has 0 rings (SSSR count). The van der Waals surface area contributed by atoms with Crippen LogP contribution in [0.4, 0.5) is 0 Å². The summed E-state index contributed by atoms with van der Waals surface area (Å²) in [5.74, 6) is -0.566. The number of hydrogen-bond donors (Lipinski definition) is 1. The molecule has 0 aliphatic rings. The largest absolute Gasteiger partial charge is 0.462 e. The Kier molecular flexibility index (Phi) is 70.7. The number of rotatable bonds is 69. The number of allylic oxidation sites excluding steroid dienone is 10. The van der Waals surface area contributed by atoms with Crippen molar-refractivity contribution in [2.45, 2.75) is 405 Å². The Morgan fingerprint density at radius 2 is 0.524 bits per heavy atom. The summed E-state index contributed by atoms with van der Waals surface area (Å²) in [5, 5.41) is 9.71. The molecule has 480 valence electrons. The average Bonchev–Trinajstić information content (AvgIpc) is 3.49. The van der Waals surface area contributed by atoms with E-state index in [9.17, 15) is 14.7 Å². The van der Waals surface area contributed by atoms with Gasteiger partial charge in [0.05, 0.1) is 6.61 Å². The fourth-order valence-electron chi connectivity index (χ4n) is 11.3. The molecule has 1 atom stereocenters. The maximum Gasteiger partial charge on any atom is 0.306 e. The highest BCUT2D eigenvalue weighted by molar-refractivity contribution is 5.70. The second kappa shape index (κ2) is 72.9. The van der Waals surface area contributed by atoms with Crippen molar-refractivity contribution in [2.24, 2.45) is 0 Å². The van der Waals surface area contributed by atoms with Crippen molar-refractivity contribution in [1.82, 2.24) is 0 Å². The van der Waals surface area contributed by atoms with Gasteiger partial charge in [-0.2, -0.15) is 0 Å². The van der Waals surface area contributed by atoms with Gasteiger partial charge >= 0.3 is 11.9 Å². The Morgan fingerprint density at radius 3 is 0.805 bits per heavy atom. The summed E-state index contributed by atoms with van der Waals surface area (Å²) in [6, 6.07) is 0. The van der Waals surface area contributed by atoms with E-state index in [4.69, 9.17) is 9.47 Å². The predicted molar refractivity (Wildman–Crippen MR) is 362 cm³/mol. The van der Waals surface area contributed by atoms with E-state index in [1.807, 2.05) is 0 Å². The topological polar surface area (TPSA) is 72.8 Å². The Balaban J connectivity index is 3.38. The van der Waals surface area contributed by atoms with Gasteiger partial charge in [-0.3, -0.25) is 9.59 Å². The number of aliphatic hydroxyl groups excluding tert-OH is 1. The lowest BCUT2D eigenvalue weighted by Crippen LogP contribution is -2.28. The van der Waals surface area contributed by atoms with E-state index in [0.29, 0.717) is 12.8 Å². The Labute approximate surface area is 512 Å². The van der Waals surface area contributed by atoms with Gasteiger partial charge in [0.2, 0.25) is 0 Å². The molecule has 82 heavy (non-hydrogen) atoms. The van der Waals surface area contributed by atoms with Crippen LogP contribution in [0.5, 0.6) is 0 Å². The van der Waals surface area contributed by atoms with Crippen LogP contribution in [0.1, 0.15) is 399 Å². The van der Waals surface area contributed by atoms with Gasteiger partial charge in [-0.15, -0.1) is 0 Å². The third kappa shape index (κ3) is 70.1. The van der Waals surface area contributed by atoms with E-state index in [1.54, 1.807) is 0 Å². The number of ether oxygens (including phenoxy) is 2. The fraction of sp³-hybridized carbons (Fsp3) is 0.844. The normalized spacial score (nSPS) is 12.5. The molecule has 0 saturated heterocycles. The van der Waals surface area contributed by atoms with Gasteiger partial charge in [-0.25, -0.2) is 0 Å². The molecule has 0 amide bonds. The van der Waals surface area contributed by atoms with Crippen molar-refractivity contribution in [3.05, 3.63) is 60.8 Å². The van der Waals surface area contributed by atoms with E-state index >= 15 is 0 Å². The molecule has 0 bridgehead atoms. The molecule has 0 heterocycles. The van der Waals surface area contributed by atoms with Crippen LogP contribution >= 0.6 is 0 Å². The first-order valence-corrected chi connectivity index (χ1v) is 36.8. The van der Waals surface area contributed by atoms with Crippen molar-refractivity contribution in [2.75, 3.05) is 13.2 Å². The second-order valence-corrected chi connectivity index (χ2v) is 25.0. The van der Waals surface area contributed by atoms with Crippen LogP contribution in [0.25, 0.3) is 0 Å². The summed E-state index contributed by atoms with van der Waals surface area (Å²) in [6.45, 7) is 4.09. The molecule has 5 nitrogen and oxygen atoms in total. The second-order valence-electron chi connectivity index (χ2n) is 25.0. The molecule has 1 N–H and O–H groups in total. The number of unbranched alkanes of at least 4 members (excludes halogenated alkanes) is 51. The molecule has 0 aliphatic carbocycles. The molecule has 0 aliphatic heterocycles. The maximum absolute atomic E-state index is 12.4. The highest BCUT2D eigenvalue weighted by Gasteiger charge is 2.16. The molecule has 0 saturated carbocycles. The molecule has 0 aromatic rings. The summed E-state index contributed by atoms with van der Waals surface area (Å²) in [4.78, 5) is 24.7. The number of esters is 2. The summed E-state index contributed by atoms with van der Waals surface area (Å²) >= 11 is 0. The third-order valence-corrected chi connectivity index (χ3v) is 16.8. The fourth-order valence-corrected chi connectivity index (χ4v) is 11.3. The van der Waals surface area contributed by atoms with Crippen LogP contribution in [0.2, 0.25) is 0 Å². The van der Waals surface area contributed by atoms with Gasteiger partial charge in [0.1, 0.15) is 6.61 Å². The summed E-state index contributed by atoms with van der Waals surface area (Å²) in [7, 11) is 0. The first-order chi connectivity index (χ1) is 40.6. The van der Waals surface area contributed by atoms with Crippen LogP contribution in [-0.4, -0.2) is 36.4 Å². The Hall–Kier alpha value is -2.40. The lowest BCUT2D eigenvalue weighted by Gasteiger charge is -2.15. The first kappa shape index (κ1) is 79.6. The van der Waals surface area contributed by atoms with E-state index in [1.165, 1.54) is 315 Å². The lowest BCUT2D eigenvalue weighted by atomic mass is 10.0. The molecule has 0 aromatic heterocycles. The van der Waals surface area contributed by atoms with E-state index < -0.39 is 6.10 Å². The standard InChI is InChI=1S/C77H142O5/c1-3-5-7-9-11-13-15-17-19-21-23-25-27-29-31-33-35-36-37-38-39-40-42-44-46-48-50-52-54-56-58-60-62-64-66-68-70-72-77(80)82-75(73-78)74-81-76(79)71-69-67-65-63-61-59-57-55-53-51-49-47-45-43-41-34-32-30-28-26-24-22-20-18-16-14-12-10-8-6-4-2/h5,7,11,13,17,19,22-25,75,78H,3-4,6,8-10,12,14-16,18,20-21,26-74H2,1-2H3/b7-5-,13-11-,19-17-,24-22-,25-23-. The average molecular weight is 1150 g/mol. The molecule has 0 spiro atoms. The van der Waals surface area contributed by atoms with Gasteiger partial charge in [-0.1, -0.05) is 370 Å². The van der Waals surface area contributed by atoms with Gasteiger partial charge in [-0.05, 0) is 77.0 Å². The molecule has 5 heteroatoms. The van der Waals surface area contributed by atoms with E-state index in [2.05, 4.69) is 74.6 Å². The van der Waals surface area contributed by atoms with Crippen molar-refractivity contribution in [3.8, 4) is 0 Å². The molecular weight excluding hydrogens is 1000 g/mol. The number of carbonyl (C=O) groups is 2. The van der Waals surface area contributed by atoms with Crippen LogP contribution in [0, 0.1) is 0 Å². The first-order valence-electron chi connectivity index (χ1n) is 36.8. The van der Waals surface area contributed by atoms with E-state index in [-0.39, 0.29) is 25.2 Å². The SMILES string of the molecule is CC/C=C\C/C=C\C/C=C\C/C=C\CCCCCCCCCCCCCCCCCCCCCCCCCCC(=O)OC(CO)COC(=O)CCCCCCCCCCCCCCCCCCCCC/C=C\CCCCCCCCCC. The van der Waals surface area contributed by atoms with Crippen molar-refractivity contribution < 1.29 is 24.2 Å². The summed E-state index contributed by atoms with van der Waals surface area (Å²) in [5.41, 5.74) is 0. The molecule has 1 unspecified atom stereocenters. The van der Waals surface area contributed by atoms with Crippen LogP contribution in [0.15, 0.2) is 60.8 Å². The number of aliphatic hydroxyl groups is 1. The number of carbonyl (C=O) groups excluding carboxylic acids is 2. The van der Waals surface area contributed by atoms with Gasteiger partial charge in [0, 0.05) is 12.8 Å². The maximum atomic E-state index is 12.4. The smallest absolute Gasteiger partial charge is 0.306 e. The summed E-state index contributed by atoms with van der Waals surface area (Å²) in [6.07, 6.45) is 100.0. The monoisotopic (exact) mass is 1150 g/mol. The number of hydrogen-bond acceptors (Lipinski definition) is 5. The minimum atomic E-state index is -0.771. The minimum absolute atomic E-state index is 0.0599. The Morgan fingerprint density at radius 1 is 0.293 bits per heavy atom. The molecule has 0 fully saturated rings. The quantitative estimate of drug-likeness (QED) is 0.0373.